The van der Waals surface area contributed by atoms with Gasteiger partial charge in [-0.05, 0) is 39.9 Å². The molecular weight excluding hydrogens is 408 g/mol. The van der Waals surface area contributed by atoms with Crippen molar-refractivity contribution in [2.24, 2.45) is 0 Å². The Kier molecular flexibility index (Phi) is 6.20. The number of aliphatic hydroxyl groups excluding tert-OH is 2. The van der Waals surface area contributed by atoms with Crippen molar-refractivity contribution in [3.05, 3.63) is 89.5 Å². The average molecular weight is 432 g/mol. The van der Waals surface area contributed by atoms with Crippen LogP contribution >= 0.6 is 0 Å². The Morgan fingerprint density at radius 1 is 0.844 bits per heavy atom. The second-order valence-corrected chi connectivity index (χ2v) is 7.82. The zero-order valence-corrected chi connectivity index (χ0v) is 17.3. The predicted octanol–water partition coefficient (Wildman–Crippen LogP) is 1.94. The molecule has 7 heteroatoms. The Hall–Kier alpha value is -3.68. The third-order valence-electron chi connectivity index (χ3n) is 5.57. The molecule has 3 aromatic carbocycles. The van der Waals surface area contributed by atoms with Crippen LogP contribution in [0.25, 0.3) is 11.1 Å². The van der Waals surface area contributed by atoms with Crippen LogP contribution in [0.5, 0.6) is 5.75 Å². The van der Waals surface area contributed by atoms with E-state index in [9.17, 15) is 24.9 Å². The lowest BCUT2D eigenvalue weighted by atomic mass is 10.0. The number of nitrogens with zero attached hydrogens (tertiary/aromatic N) is 1. The topological polar surface area (TPSA) is 110 Å². The summed E-state index contributed by atoms with van der Waals surface area (Å²) >= 11 is 0. The van der Waals surface area contributed by atoms with Crippen molar-refractivity contribution in [3.63, 3.8) is 0 Å². The number of phenols is 1. The molecule has 0 radical (unpaired) electrons. The second kappa shape index (κ2) is 9.21. The van der Waals surface area contributed by atoms with Gasteiger partial charge in [-0.3, -0.25) is 9.59 Å². The van der Waals surface area contributed by atoms with E-state index in [1.807, 2.05) is 54.6 Å². The molecule has 1 aliphatic rings. The summed E-state index contributed by atoms with van der Waals surface area (Å²) < 4.78 is 0. The minimum atomic E-state index is -1.86. The fourth-order valence-electron chi connectivity index (χ4n) is 3.75. The van der Waals surface area contributed by atoms with E-state index >= 15 is 0 Å². The molecule has 2 atom stereocenters. The van der Waals surface area contributed by atoms with Gasteiger partial charge in [0.15, 0.2) is 12.2 Å². The molecule has 164 valence electrons. The molecule has 0 spiro atoms. The van der Waals surface area contributed by atoms with Crippen molar-refractivity contribution in [2.75, 3.05) is 0 Å². The summed E-state index contributed by atoms with van der Waals surface area (Å²) in [4.78, 5) is 26.3. The zero-order valence-electron chi connectivity index (χ0n) is 17.3. The maximum absolute atomic E-state index is 12.5. The molecule has 2 amide bonds. The SMILES string of the molecule is O=C(NCc1ccc(-c2cccc(O)c2)cc1)[C@H](O)[C@@H](O)C(=O)N1Cc2ccccc2C1. The summed E-state index contributed by atoms with van der Waals surface area (Å²) in [5, 5.41) is 32.6. The molecule has 0 bridgehead atoms. The van der Waals surface area contributed by atoms with Crippen molar-refractivity contribution in [1.82, 2.24) is 10.2 Å². The number of hydrogen-bond donors (Lipinski definition) is 4. The quantitative estimate of drug-likeness (QED) is 0.476. The molecule has 0 aliphatic carbocycles. The predicted molar refractivity (Wildman–Crippen MR) is 118 cm³/mol. The van der Waals surface area contributed by atoms with E-state index in [0.717, 1.165) is 27.8 Å². The molecule has 4 N–H and O–H groups in total. The van der Waals surface area contributed by atoms with Crippen LogP contribution in [-0.4, -0.2) is 44.2 Å². The highest BCUT2D eigenvalue weighted by atomic mass is 16.3. The molecule has 32 heavy (non-hydrogen) atoms. The van der Waals surface area contributed by atoms with Gasteiger partial charge in [0.05, 0.1) is 0 Å². The summed E-state index contributed by atoms with van der Waals surface area (Å²) in [5.74, 6) is -1.32. The van der Waals surface area contributed by atoms with Gasteiger partial charge in [-0.1, -0.05) is 60.7 Å². The molecule has 0 saturated carbocycles. The Balaban J connectivity index is 1.31. The average Bonchev–Trinajstić information content (AvgIpc) is 3.26. The van der Waals surface area contributed by atoms with Gasteiger partial charge >= 0.3 is 0 Å². The molecule has 0 unspecified atom stereocenters. The number of carbonyl (C=O) groups excluding carboxylic acids is 2. The summed E-state index contributed by atoms with van der Waals surface area (Å²) in [5.41, 5.74) is 4.53. The highest BCUT2D eigenvalue weighted by Crippen LogP contribution is 2.24. The molecule has 0 aromatic heterocycles. The largest absolute Gasteiger partial charge is 0.508 e. The van der Waals surface area contributed by atoms with E-state index in [2.05, 4.69) is 5.32 Å². The first-order valence-corrected chi connectivity index (χ1v) is 10.3. The fraction of sp³-hybridized carbons (Fsp3) is 0.200. The lowest BCUT2D eigenvalue weighted by Gasteiger charge is -2.22. The van der Waals surface area contributed by atoms with E-state index in [4.69, 9.17) is 0 Å². The lowest BCUT2D eigenvalue weighted by molar-refractivity contribution is -0.153. The summed E-state index contributed by atoms with van der Waals surface area (Å²) in [6.45, 7) is 0.810. The summed E-state index contributed by atoms with van der Waals surface area (Å²) in [6.07, 6.45) is -3.70. The molecule has 0 saturated heterocycles. The normalized spacial score (nSPS) is 14.5. The van der Waals surface area contributed by atoms with Crippen molar-refractivity contribution >= 4 is 11.8 Å². The van der Waals surface area contributed by atoms with Crippen LogP contribution in [-0.2, 0) is 29.2 Å². The van der Waals surface area contributed by atoms with Crippen molar-refractivity contribution in [1.29, 1.82) is 0 Å². The van der Waals surface area contributed by atoms with Gasteiger partial charge in [0.25, 0.3) is 11.8 Å². The fourth-order valence-corrected chi connectivity index (χ4v) is 3.75. The number of hydrogen-bond acceptors (Lipinski definition) is 5. The smallest absolute Gasteiger partial charge is 0.255 e. The van der Waals surface area contributed by atoms with E-state index in [0.29, 0.717) is 13.1 Å². The van der Waals surface area contributed by atoms with Crippen LogP contribution in [0.15, 0.2) is 72.8 Å². The Bertz CT molecular complexity index is 1100. The van der Waals surface area contributed by atoms with Crippen molar-refractivity contribution in [3.8, 4) is 16.9 Å². The number of fused-ring (bicyclic) bond motifs is 1. The van der Waals surface area contributed by atoms with Gasteiger partial charge in [0.2, 0.25) is 0 Å². The van der Waals surface area contributed by atoms with Crippen LogP contribution in [0.4, 0.5) is 0 Å². The standard InChI is InChI=1S/C25H24N2O5/c28-21-7-3-6-18(12-21)17-10-8-16(9-11-17)13-26-24(31)22(29)23(30)25(32)27-14-19-4-1-2-5-20(19)15-27/h1-12,22-23,28-30H,13-15H2,(H,26,31)/t22-,23-/m1/s1. The van der Waals surface area contributed by atoms with Crippen LogP contribution in [0.3, 0.4) is 0 Å². The van der Waals surface area contributed by atoms with Gasteiger partial charge in [-0.25, -0.2) is 0 Å². The van der Waals surface area contributed by atoms with Crippen LogP contribution in [0, 0.1) is 0 Å². The van der Waals surface area contributed by atoms with Gasteiger partial charge < -0.3 is 25.5 Å². The molecule has 7 nitrogen and oxygen atoms in total. The van der Waals surface area contributed by atoms with Crippen molar-refractivity contribution in [2.45, 2.75) is 31.8 Å². The number of rotatable bonds is 6. The molecule has 3 aromatic rings. The minimum Gasteiger partial charge on any atom is -0.508 e. The van der Waals surface area contributed by atoms with Gasteiger partial charge in [-0.2, -0.15) is 0 Å². The third-order valence-corrected chi connectivity index (χ3v) is 5.57. The first-order valence-electron chi connectivity index (χ1n) is 10.3. The minimum absolute atomic E-state index is 0.131. The van der Waals surface area contributed by atoms with Crippen LogP contribution in [0.1, 0.15) is 16.7 Å². The maximum Gasteiger partial charge on any atom is 0.255 e. The highest BCUT2D eigenvalue weighted by molar-refractivity contribution is 5.91. The van der Waals surface area contributed by atoms with Crippen molar-refractivity contribution < 1.29 is 24.9 Å². The molecule has 1 aliphatic heterocycles. The number of phenolic OH excluding ortho intramolecular Hbond substituents is 1. The number of aliphatic hydroxyl groups is 2. The van der Waals surface area contributed by atoms with Gasteiger partial charge in [0.1, 0.15) is 5.75 Å². The second-order valence-electron chi connectivity index (χ2n) is 7.82. The monoisotopic (exact) mass is 432 g/mol. The lowest BCUT2D eigenvalue weighted by Crippen LogP contribution is -2.49. The zero-order chi connectivity index (χ0) is 22.7. The maximum atomic E-state index is 12.5. The van der Waals surface area contributed by atoms with E-state index in [1.54, 1.807) is 18.2 Å². The van der Waals surface area contributed by atoms with Gasteiger partial charge in [0, 0.05) is 19.6 Å². The molecule has 4 rings (SSSR count). The molecular formula is C25H24N2O5. The summed E-state index contributed by atoms with van der Waals surface area (Å²) in [7, 11) is 0. The van der Waals surface area contributed by atoms with E-state index in [1.165, 1.54) is 4.90 Å². The number of carbonyl (C=O) groups is 2. The number of nitrogens with one attached hydrogen (secondary N) is 1. The Morgan fingerprint density at radius 2 is 1.50 bits per heavy atom. The van der Waals surface area contributed by atoms with E-state index in [-0.39, 0.29) is 12.3 Å². The molecule has 0 fully saturated rings. The van der Waals surface area contributed by atoms with E-state index < -0.39 is 24.0 Å². The number of amides is 2. The first kappa shape index (κ1) is 21.5. The summed E-state index contributed by atoms with van der Waals surface area (Å²) in [6, 6.07) is 21.8. The Morgan fingerprint density at radius 3 is 2.12 bits per heavy atom. The van der Waals surface area contributed by atoms with Gasteiger partial charge in [-0.15, -0.1) is 0 Å². The van der Waals surface area contributed by atoms with Crippen LogP contribution < -0.4 is 5.32 Å². The Labute approximate surface area is 185 Å². The number of benzene rings is 3. The number of aromatic hydroxyl groups is 1. The van der Waals surface area contributed by atoms with Crippen LogP contribution in [0.2, 0.25) is 0 Å². The highest BCUT2D eigenvalue weighted by Gasteiger charge is 2.35. The molecule has 1 heterocycles. The first-order chi connectivity index (χ1) is 15.4. The third kappa shape index (κ3) is 4.64.